The van der Waals surface area contributed by atoms with Crippen molar-refractivity contribution in [1.82, 2.24) is 10.3 Å². The second-order valence-corrected chi connectivity index (χ2v) is 5.99. The molecule has 3 nitrogen and oxygen atoms in total. The molecule has 6 heteroatoms. The molecule has 0 aromatic carbocycles. The van der Waals surface area contributed by atoms with Crippen molar-refractivity contribution in [3.8, 4) is 0 Å². The molecule has 0 saturated carbocycles. The third-order valence-corrected chi connectivity index (χ3v) is 3.59. The highest BCUT2D eigenvalue weighted by atomic mass is 19.4. The van der Waals surface area contributed by atoms with Gasteiger partial charge < -0.3 is 10.2 Å². The van der Waals surface area contributed by atoms with Gasteiger partial charge in [-0.1, -0.05) is 13.8 Å². The highest BCUT2D eigenvalue weighted by molar-refractivity contribution is 5.40. The van der Waals surface area contributed by atoms with Crippen LogP contribution in [0.2, 0.25) is 0 Å². The Bertz CT molecular complexity index is 436. The molecule has 2 heterocycles. The zero-order chi connectivity index (χ0) is 15.5. The van der Waals surface area contributed by atoms with Crippen molar-refractivity contribution in [2.75, 3.05) is 24.5 Å². The molecule has 21 heavy (non-hydrogen) atoms. The molecule has 0 spiro atoms. The summed E-state index contributed by atoms with van der Waals surface area (Å²) in [6, 6.07) is 2.98. The molecule has 0 bridgehead atoms. The second-order valence-electron chi connectivity index (χ2n) is 5.99. The topological polar surface area (TPSA) is 28.2 Å². The van der Waals surface area contributed by atoms with Crippen LogP contribution in [0.25, 0.3) is 0 Å². The summed E-state index contributed by atoms with van der Waals surface area (Å²) in [4.78, 5) is 6.10. The molecule has 1 aliphatic heterocycles. The molecule has 1 unspecified atom stereocenters. The number of alkyl halides is 3. The largest absolute Gasteiger partial charge is 0.417 e. The van der Waals surface area contributed by atoms with E-state index in [2.05, 4.69) is 29.0 Å². The Kier molecular flexibility index (Phi) is 5.08. The summed E-state index contributed by atoms with van der Waals surface area (Å²) >= 11 is 0. The van der Waals surface area contributed by atoms with E-state index < -0.39 is 11.7 Å². The fraction of sp³-hybridized carbons (Fsp3) is 0.667. The molecule has 0 aliphatic carbocycles. The third-order valence-electron chi connectivity index (χ3n) is 3.59. The maximum Gasteiger partial charge on any atom is 0.417 e. The fourth-order valence-corrected chi connectivity index (χ4v) is 2.62. The third kappa shape index (κ3) is 4.59. The Balaban J connectivity index is 2.11. The van der Waals surface area contributed by atoms with Gasteiger partial charge in [0.1, 0.15) is 5.82 Å². The highest BCUT2D eigenvalue weighted by Gasteiger charge is 2.31. The molecule has 1 saturated heterocycles. The second kappa shape index (κ2) is 6.64. The predicted molar refractivity (Wildman–Crippen MR) is 77.3 cm³/mol. The first kappa shape index (κ1) is 16.1. The zero-order valence-electron chi connectivity index (χ0n) is 12.5. The van der Waals surface area contributed by atoms with Crippen LogP contribution in [-0.2, 0) is 6.18 Å². The molecule has 1 aromatic rings. The molecule has 1 fully saturated rings. The highest BCUT2D eigenvalue weighted by Crippen LogP contribution is 2.29. The van der Waals surface area contributed by atoms with Gasteiger partial charge in [-0.05, 0) is 37.4 Å². The van der Waals surface area contributed by atoms with Gasteiger partial charge in [-0.3, -0.25) is 0 Å². The van der Waals surface area contributed by atoms with Gasteiger partial charge in [0, 0.05) is 25.3 Å². The van der Waals surface area contributed by atoms with Crippen molar-refractivity contribution >= 4 is 5.82 Å². The number of pyridine rings is 1. The Morgan fingerprint density at radius 2 is 2.14 bits per heavy atom. The first-order chi connectivity index (χ1) is 9.86. The van der Waals surface area contributed by atoms with Crippen LogP contribution in [0.5, 0.6) is 0 Å². The Morgan fingerprint density at radius 1 is 1.38 bits per heavy atom. The van der Waals surface area contributed by atoms with Crippen LogP contribution in [-0.4, -0.2) is 30.7 Å². The molecule has 1 N–H and O–H groups in total. The normalized spacial score (nSPS) is 19.2. The van der Waals surface area contributed by atoms with E-state index >= 15 is 0 Å². The molecule has 1 aromatic heterocycles. The standard InChI is InChI=1S/C15H22F3N3/c1-11(2)9-21(10-13-4-3-7-19-13)14-6-5-12(8-20-14)15(16,17)18/h5-6,8,11,13,19H,3-4,7,9-10H2,1-2H3. The predicted octanol–water partition coefficient (Wildman–Crippen LogP) is 3.31. The van der Waals surface area contributed by atoms with Crippen molar-refractivity contribution < 1.29 is 13.2 Å². The van der Waals surface area contributed by atoms with Gasteiger partial charge in [0.2, 0.25) is 0 Å². The molecular weight excluding hydrogens is 279 g/mol. The number of halogens is 3. The average molecular weight is 301 g/mol. The van der Waals surface area contributed by atoms with E-state index in [-0.39, 0.29) is 0 Å². The van der Waals surface area contributed by atoms with Crippen LogP contribution < -0.4 is 10.2 Å². The van der Waals surface area contributed by atoms with Crippen LogP contribution in [0.4, 0.5) is 19.0 Å². The summed E-state index contributed by atoms with van der Waals surface area (Å²) in [5.74, 6) is 1.04. The van der Waals surface area contributed by atoms with Crippen molar-refractivity contribution in [3.05, 3.63) is 23.9 Å². The van der Waals surface area contributed by atoms with Gasteiger partial charge >= 0.3 is 6.18 Å². The van der Waals surface area contributed by atoms with Gasteiger partial charge in [0.25, 0.3) is 0 Å². The van der Waals surface area contributed by atoms with Gasteiger partial charge in [-0.2, -0.15) is 13.2 Å². The number of aromatic nitrogens is 1. The van der Waals surface area contributed by atoms with Gasteiger partial charge in [-0.15, -0.1) is 0 Å². The molecule has 0 amide bonds. The lowest BCUT2D eigenvalue weighted by Gasteiger charge is -2.28. The molecule has 118 valence electrons. The smallest absolute Gasteiger partial charge is 0.355 e. The number of nitrogens with one attached hydrogen (secondary N) is 1. The summed E-state index contributed by atoms with van der Waals surface area (Å²) < 4.78 is 37.8. The van der Waals surface area contributed by atoms with Crippen LogP contribution in [0.3, 0.4) is 0 Å². The van der Waals surface area contributed by atoms with Crippen LogP contribution >= 0.6 is 0 Å². The first-order valence-electron chi connectivity index (χ1n) is 7.38. The Morgan fingerprint density at radius 3 is 2.62 bits per heavy atom. The minimum atomic E-state index is -4.33. The Labute approximate surface area is 123 Å². The van der Waals surface area contributed by atoms with Crippen molar-refractivity contribution in [1.29, 1.82) is 0 Å². The molecule has 1 aliphatic rings. The van der Waals surface area contributed by atoms with E-state index in [1.54, 1.807) is 0 Å². The zero-order valence-corrected chi connectivity index (χ0v) is 12.5. The van der Waals surface area contributed by atoms with E-state index in [4.69, 9.17) is 0 Å². The average Bonchev–Trinajstić information content (AvgIpc) is 2.89. The first-order valence-corrected chi connectivity index (χ1v) is 7.38. The maximum atomic E-state index is 12.6. The van der Waals surface area contributed by atoms with Crippen molar-refractivity contribution in [2.24, 2.45) is 5.92 Å². The van der Waals surface area contributed by atoms with Crippen LogP contribution in [0, 0.1) is 5.92 Å². The van der Waals surface area contributed by atoms with Gasteiger partial charge in [-0.25, -0.2) is 4.98 Å². The van der Waals surface area contributed by atoms with E-state index in [9.17, 15) is 13.2 Å². The fourth-order valence-electron chi connectivity index (χ4n) is 2.62. The van der Waals surface area contributed by atoms with Crippen molar-refractivity contribution in [2.45, 2.75) is 38.9 Å². The quantitative estimate of drug-likeness (QED) is 0.904. The van der Waals surface area contributed by atoms with E-state index in [1.807, 2.05) is 0 Å². The number of hydrogen-bond acceptors (Lipinski definition) is 3. The summed E-state index contributed by atoms with van der Waals surface area (Å²) in [7, 11) is 0. The lowest BCUT2D eigenvalue weighted by Crippen LogP contribution is -2.39. The SMILES string of the molecule is CC(C)CN(CC1CCCN1)c1ccc(C(F)(F)F)cn1. The van der Waals surface area contributed by atoms with Gasteiger partial charge in [0.15, 0.2) is 0 Å². The minimum absolute atomic E-state index is 0.396. The molecule has 1 atom stereocenters. The van der Waals surface area contributed by atoms with E-state index in [1.165, 1.54) is 6.07 Å². The number of nitrogens with zero attached hydrogens (tertiary/aromatic N) is 2. The molecule has 0 radical (unpaired) electrons. The summed E-state index contributed by atoms with van der Waals surface area (Å²) in [6.45, 7) is 6.78. The Hall–Kier alpha value is -1.30. The lowest BCUT2D eigenvalue weighted by atomic mass is 10.1. The summed E-state index contributed by atoms with van der Waals surface area (Å²) in [6.07, 6.45) is -1.15. The number of hydrogen-bond donors (Lipinski definition) is 1. The lowest BCUT2D eigenvalue weighted by molar-refractivity contribution is -0.137. The molecule has 2 rings (SSSR count). The van der Waals surface area contributed by atoms with E-state index in [0.29, 0.717) is 17.8 Å². The monoisotopic (exact) mass is 301 g/mol. The van der Waals surface area contributed by atoms with Crippen LogP contribution in [0.15, 0.2) is 18.3 Å². The summed E-state index contributed by atoms with van der Waals surface area (Å²) in [5.41, 5.74) is -0.699. The van der Waals surface area contributed by atoms with Crippen LogP contribution in [0.1, 0.15) is 32.3 Å². The van der Waals surface area contributed by atoms with Crippen molar-refractivity contribution in [3.63, 3.8) is 0 Å². The molecular formula is C15H22F3N3. The minimum Gasteiger partial charge on any atom is -0.355 e. The maximum absolute atomic E-state index is 12.6. The number of anilines is 1. The van der Waals surface area contributed by atoms with E-state index in [0.717, 1.165) is 44.7 Å². The van der Waals surface area contributed by atoms with Gasteiger partial charge in [0.05, 0.1) is 5.56 Å². The number of rotatable bonds is 5. The summed E-state index contributed by atoms with van der Waals surface area (Å²) in [5, 5.41) is 3.42.